The molecule has 106 valence electrons. The summed E-state index contributed by atoms with van der Waals surface area (Å²) in [6.07, 6.45) is 6.84. The van der Waals surface area contributed by atoms with Gasteiger partial charge in [-0.25, -0.2) is 0 Å². The van der Waals surface area contributed by atoms with Crippen molar-refractivity contribution in [1.29, 1.82) is 0 Å². The molecule has 0 aromatic carbocycles. The molecule has 2 rings (SSSR count). The van der Waals surface area contributed by atoms with Crippen molar-refractivity contribution in [2.75, 3.05) is 46.3 Å². The van der Waals surface area contributed by atoms with Crippen molar-refractivity contribution in [2.45, 2.75) is 45.1 Å². The fourth-order valence-electron chi connectivity index (χ4n) is 3.52. The molecule has 0 saturated carbocycles. The molecule has 18 heavy (non-hydrogen) atoms. The Hall–Kier alpha value is -0.120. The molecule has 3 nitrogen and oxygen atoms in total. The first-order chi connectivity index (χ1) is 8.78. The van der Waals surface area contributed by atoms with Crippen LogP contribution < -0.4 is 5.32 Å². The maximum absolute atomic E-state index is 3.70. The molecule has 2 fully saturated rings. The van der Waals surface area contributed by atoms with Gasteiger partial charge in [-0.3, -0.25) is 0 Å². The summed E-state index contributed by atoms with van der Waals surface area (Å²) < 4.78 is 0. The quantitative estimate of drug-likeness (QED) is 0.806. The molecule has 0 aromatic rings. The van der Waals surface area contributed by atoms with Crippen molar-refractivity contribution < 1.29 is 0 Å². The monoisotopic (exact) mass is 253 g/mol. The summed E-state index contributed by atoms with van der Waals surface area (Å²) in [5.74, 6) is 0.911. The van der Waals surface area contributed by atoms with Crippen LogP contribution in [0, 0.1) is 5.92 Å². The van der Waals surface area contributed by atoms with E-state index in [0.717, 1.165) is 12.0 Å². The average molecular weight is 253 g/mol. The standard InChI is InChI=1S/C15H31N3/c1-3-8-16-15-7-5-10-18(13-15)12-14-6-4-9-17(2)11-14/h14-16H,3-13H2,1-2H3. The zero-order chi connectivity index (χ0) is 12.8. The topological polar surface area (TPSA) is 18.5 Å². The van der Waals surface area contributed by atoms with Crippen molar-refractivity contribution in [2.24, 2.45) is 5.92 Å². The van der Waals surface area contributed by atoms with Crippen LogP contribution in [-0.2, 0) is 0 Å². The van der Waals surface area contributed by atoms with Crippen LogP contribution in [-0.4, -0.2) is 62.2 Å². The lowest BCUT2D eigenvalue weighted by molar-refractivity contribution is 0.124. The van der Waals surface area contributed by atoms with Crippen molar-refractivity contribution in [1.82, 2.24) is 15.1 Å². The average Bonchev–Trinajstić information content (AvgIpc) is 2.37. The van der Waals surface area contributed by atoms with Gasteiger partial charge < -0.3 is 15.1 Å². The largest absolute Gasteiger partial charge is 0.313 e. The lowest BCUT2D eigenvalue weighted by atomic mass is 9.96. The van der Waals surface area contributed by atoms with E-state index in [-0.39, 0.29) is 0 Å². The van der Waals surface area contributed by atoms with Gasteiger partial charge in [0.05, 0.1) is 0 Å². The van der Waals surface area contributed by atoms with E-state index in [2.05, 4.69) is 29.1 Å². The normalized spacial score (nSPS) is 31.7. The first-order valence-corrected chi connectivity index (χ1v) is 7.92. The maximum Gasteiger partial charge on any atom is 0.0195 e. The number of nitrogens with zero attached hydrogens (tertiary/aromatic N) is 2. The highest BCUT2D eigenvalue weighted by molar-refractivity contribution is 4.81. The molecule has 0 aromatic heterocycles. The number of rotatable bonds is 5. The molecule has 0 bridgehead atoms. The van der Waals surface area contributed by atoms with Crippen LogP contribution in [0.5, 0.6) is 0 Å². The Kier molecular flexibility index (Phi) is 5.93. The lowest BCUT2D eigenvalue weighted by Gasteiger charge is -2.38. The van der Waals surface area contributed by atoms with E-state index >= 15 is 0 Å². The minimum atomic E-state index is 0.750. The maximum atomic E-state index is 3.70. The first kappa shape index (κ1) is 14.3. The number of hydrogen-bond donors (Lipinski definition) is 1. The Balaban J connectivity index is 1.71. The van der Waals surface area contributed by atoms with Gasteiger partial charge >= 0.3 is 0 Å². The van der Waals surface area contributed by atoms with Gasteiger partial charge in [-0.2, -0.15) is 0 Å². The summed E-state index contributed by atoms with van der Waals surface area (Å²) in [4.78, 5) is 5.21. The summed E-state index contributed by atoms with van der Waals surface area (Å²) in [7, 11) is 2.27. The number of nitrogens with one attached hydrogen (secondary N) is 1. The van der Waals surface area contributed by atoms with Gasteiger partial charge in [-0.15, -0.1) is 0 Å². The van der Waals surface area contributed by atoms with Gasteiger partial charge in [0.2, 0.25) is 0 Å². The molecule has 0 aliphatic carbocycles. The predicted molar refractivity (Wildman–Crippen MR) is 78.0 cm³/mol. The van der Waals surface area contributed by atoms with Crippen LogP contribution >= 0.6 is 0 Å². The molecule has 2 heterocycles. The number of hydrogen-bond acceptors (Lipinski definition) is 3. The summed E-state index contributed by atoms with van der Waals surface area (Å²) in [6, 6.07) is 0.750. The number of piperidine rings is 2. The van der Waals surface area contributed by atoms with Crippen molar-refractivity contribution in [3.05, 3.63) is 0 Å². The predicted octanol–water partition coefficient (Wildman–Crippen LogP) is 1.79. The van der Waals surface area contributed by atoms with Crippen molar-refractivity contribution in [3.8, 4) is 0 Å². The SMILES string of the molecule is CCCNC1CCCN(CC2CCCN(C)C2)C1. The van der Waals surface area contributed by atoms with Gasteiger partial charge in [-0.05, 0) is 64.7 Å². The highest BCUT2D eigenvalue weighted by Crippen LogP contribution is 2.19. The molecule has 0 radical (unpaired) electrons. The Labute approximate surface area is 113 Å². The molecule has 2 unspecified atom stereocenters. The van der Waals surface area contributed by atoms with E-state index in [1.165, 1.54) is 71.4 Å². The zero-order valence-corrected chi connectivity index (χ0v) is 12.3. The highest BCUT2D eigenvalue weighted by Gasteiger charge is 2.24. The molecule has 2 atom stereocenters. The summed E-state index contributed by atoms with van der Waals surface area (Å²) in [5, 5.41) is 3.70. The van der Waals surface area contributed by atoms with Gasteiger partial charge in [0.25, 0.3) is 0 Å². The Bertz CT molecular complexity index is 232. The van der Waals surface area contributed by atoms with E-state index in [4.69, 9.17) is 0 Å². The van der Waals surface area contributed by atoms with Crippen LogP contribution in [0.1, 0.15) is 39.0 Å². The van der Waals surface area contributed by atoms with Crippen LogP contribution in [0.2, 0.25) is 0 Å². The molecule has 3 heteroatoms. The van der Waals surface area contributed by atoms with Crippen molar-refractivity contribution >= 4 is 0 Å². The summed E-state index contributed by atoms with van der Waals surface area (Å²) >= 11 is 0. The fourth-order valence-corrected chi connectivity index (χ4v) is 3.52. The molecule has 2 saturated heterocycles. The van der Waals surface area contributed by atoms with Gasteiger partial charge in [0.15, 0.2) is 0 Å². The Morgan fingerprint density at radius 2 is 1.94 bits per heavy atom. The lowest BCUT2D eigenvalue weighted by Crippen LogP contribution is -2.48. The second-order valence-electron chi connectivity index (χ2n) is 6.32. The third-order valence-electron chi connectivity index (χ3n) is 4.43. The van der Waals surface area contributed by atoms with E-state index in [9.17, 15) is 0 Å². The molecule has 1 N–H and O–H groups in total. The van der Waals surface area contributed by atoms with E-state index in [0.29, 0.717) is 0 Å². The third-order valence-corrected chi connectivity index (χ3v) is 4.43. The molecular weight excluding hydrogens is 222 g/mol. The first-order valence-electron chi connectivity index (χ1n) is 7.92. The van der Waals surface area contributed by atoms with Gasteiger partial charge in [0, 0.05) is 25.7 Å². The van der Waals surface area contributed by atoms with Crippen LogP contribution in [0.3, 0.4) is 0 Å². The van der Waals surface area contributed by atoms with Crippen molar-refractivity contribution in [3.63, 3.8) is 0 Å². The third kappa shape index (κ3) is 4.52. The zero-order valence-electron chi connectivity index (χ0n) is 12.3. The highest BCUT2D eigenvalue weighted by atomic mass is 15.2. The van der Waals surface area contributed by atoms with Crippen LogP contribution in [0.25, 0.3) is 0 Å². The Morgan fingerprint density at radius 3 is 2.72 bits per heavy atom. The van der Waals surface area contributed by atoms with Crippen LogP contribution in [0.4, 0.5) is 0 Å². The van der Waals surface area contributed by atoms with Crippen LogP contribution in [0.15, 0.2) is 0 Å². The van der Waals surface area contributed by atoms with Gasteiger partial charge in [0.1, 0.15) is 0 Å². The minimum Gasteiger partial charge on any atom is -0.313 e. The second-order valence-corrected chi connectivity index (χ2v) is 6.32. The minimum absolute atomic E-state index is 0.750. The summed E-state index contributed by atoms with van der Waals surface area (Å²) in [6.45, 7) is 9.98. The number of likely N-dealkylation sites (tertiary alicyclic amines) is 2. The Morgan fingerprint density at radius 1 is 1.11 bits per heavy atom. The summed E-state index contributed by atoms with van der Waals surface area (Å²) in [5.41, 5.74) is 0. The molecule has 2 aliphatic rings. The van der Waals surface area contributed by atoms with E-state index in [1.807, 2.05) is 0 Å². The molecular formula is C15H31N3. The van der Waals surface area contributed by atoms with Gasteiger partial charge in [-0.1, -0.05) is 6.92 Å². The molecule has 2 aliphatic heterocycles. The fraction of sp³-hybridized carbons (Fsp3) is 1.00. The van der Waals surface area contributed by atoms with E-state index in [1.54, 1.807) is 0 Å². The second kappa shape index (κ2) is 7.46. The molecule has 0 amide bonds. The van der Waals surface area contributed by atoms with E-state index < -0.39 is 0 Å². The molecule has 0 spiro atoms. The smallest absolute Gasteiger partial charge is 0.0195 e.